The van der Waals surface area contributed by atoms with Crippen LogP contribution in [0.3, 0.4) is 0 Å². The highest BCUT2D eigenvalue weighted by Crippen LogP contribution is 2.42. The summed E-state index contributed by atoms with van der Waals surface area (Å²) in [5, 5.41) is 0. The van der Waals surface area contributed by atoms with Crippen LogP contribution < -0.4 is 0 Å². The zero-order chi connectivity index (χ0) is 13.2. The van der Waals surface area contributed by atoms with Crippen molar-refractivity contribution in [1.82, 2.24) is 0 Å². The molecule has 2 heteroatoms. The molecule has 2 aromatic carbocycles. The average molecular weight is 315 g/mol. The first-order valence-corrected chi connectivity index (χ1v) is 7.21. The monoisotopic (exact) mass is 314 g/mol. The van der Waals surface area contributed by atoms with E-state index in [0.29, 0.717) is 0 Å². The molecule has 19 heavy (non-hydrogen) atoms. The zero-order valence-corrected chi connectivity index (χ0v) is 12.4. The number of halogens is 1. The van der Waals surface area contributed by atoms with Gasteiger partial charge in [-0.05, 0) is 18.6 Å². The van der Waals surface area contributed by atoms with E-state index >= 15 is 0 Å². The predicted octanol–water partition coefficient (Wildman–Crippen LogP) is 5.34. The maximum Gasteiger partial charge on any atom is 0.129 e. The van der Waals surface area contributed by atoms with E-state index in [4.69, 9.17) is 4.74 Å². The van der Waals surface area contributed by atoms with Crippen LogP contribution in [-0.4, -0.2) is 0 Å². The van der Waals surface area contributed by atoms with Gasteiger partial charge in [0.2, 0.25) is 0 Å². The Balaban J connectivity index is 1.89. The van der Waals surface area contributed by atoms with Crippen molar-refractivity contribution in [2.45, 2.75) is 19.4 Å². The summed E-state index contributed by atoms with van der Waals surface area (Å²) in [5.41, 5.74) is 3.69. The van der Waals surface area contributed by atoms with Gasteiger partial charge in [-0.25, -0.2) is 0 Å². The lowest BCUT2D eigenvalue weighted by Gasteiger charge is -2.15. The molecule has 0 saturated heterocycles. The number of benzene rings is 2. The Hall–Kier alpha value is -1.54. The van der Waals surface area contributed by atoms with Gasteiger partial charge in [-0.1, -0.05) is 64.5 Å². The number of hydrogen-bond acceptors (Lipinski definition) is 1. The highest BCUT2D eigenvalue weighted by Gasteiger charge is 2.26. The van der Waals surface area contributed by atoms with Gasteiger partial charge in [-0.3, -0.25) is 0 Å². The molecule has 2 aromatic rings. The summed E-state index contributed by atoms with van der Waals surface area (Å²) >= 11 is 3.60. The van der Waals surface area contributed by atoms with Gasteiger partial charge < -0.3 is 4.74 Å². The second-order valence-electron chi connectivity index (χ2n) is 4.81. The molecule has 96 valence electrons. The third-order valence-electron chi connectivity index (χ3n) is 3.43. The molecular weight excluding hydrogens is 300 g/mol. The lowest BCUT2D eigenvalue weighted by molar-refractivity contribution is 0.193. The summed E-state index contributed by atoms with van der Waals surface area (Å²) in [5.74, 6) is 1.03. The van der Waals surface area contributed by atoms with Gasteiger partial charge in [0, 0.05) is 22.0 Å². The number of rotatable bonds is 2. The Bertz CT molecular complexity index is 616. The summed E-state index contributed by atoms with van der Waals surface area (Å²) in [6.45, 7) is 2.15. The molecule has 0 aromatic heterocycles. The smallest absolute Gasteiger partial charge is 0.129 e. The molecule has 0 spiro atoms. The third kappa shape index (κ3) is 2.45. The Morgan fingerprint density at radius 3 is 2.42 bits per heavy atom. The van der Waals surface area contributed by atoms with Gasteiger partial charge in [-0.2, -0.15) is 0 Å². The van der Waals surface area contributed by atoms with Crippen molar-refractivity contribution in [1.29, 1.82) is 0 Å². The number of ether oxygens (including phenoxy) is 1. The molecule has 1 unspecified atom stereocenters. The molecule has 0 amide bonds. The largest absolute Gasteiger partial charge is 0.485 e. The normalized spacial score (nSPS) is 18.5. The predicted molar refractivity (Wildman–Crippen MR) is 81.6 cm³/mol. The van der Waals surface area contributed by atoms with Crippen molar-refractivity contribution in [3.63, 3.8) is 0 Å². The molecule has 1 aliphatic heterocycles. The molecule has 1 aliphatic rings. The van der Waals surface area contributed by atoms with Crippen LogP contribution in [0.15, 0.2) is 64.6 Å². The Labute approximate surface area is 122 Å². The second-order valence-corrected chi connectivity index (χ2v) is 5.66. The van der Waals surface area contributed by atoms with Gasteiger partial charge in [0.15, 0.2) is 0 Å². The first kappa shape index (κ1) is 12.5. The fourth-order valence-corrected chi connectivity index (χ4v) is 3.01. The molecule has 0 radical (unpaired) electrons. The summed E-state index contributed by atoms with van der Waals surface area (Å²) in [4.78, 5) is 0. The van der Waals surface area contributed by atoms with Crippen LogP contribution in [0.25, 0.3) is 5.76 Å². The van der Waals surface area contributed by atoms with Crippen molar-refractivity contribution >= 4 is 21.7 Å². The first-order valence-electron chi connectivity index (χ1n) is 6.42. The zero-order valence-electron chi connectivity index (χ0n) is 10.8. The minimum Gasteiger partial charge on any atom is -0.485 e. The summed E-state index contributed by atoms with van der Waals surface area (Å²) in [7, 11) is 0. The topological polar surface area (TPSA) is 9.23 Å². The van der Waals surface area contributed by atoms with Crippen molar-refractivity contribution < 1.29 is 4.74 Å². The van der Waals surface area contributed by atoms with E-state index in [1.807, 2.05) is 24.3 Å². The third-order valence-corrected chi connectivity index (χ3v) is 4.15. The van der Waals surface area contributed by atoms with Crippen LogP contribution in [-0.2, 0) is 4.74 Å². The second kappa shape index (κ2) is 5.22. The Morgan fingerprint density at radius 1 is 1.00 bits per heavy atom. The summed E-state index contributed by atoms with van der Waals surface area (Å²) in [6, 6.07) is 18.6. The molecule has 0 N–H and O–H groups in total. The number of hydrogen-bond donors (Lipinski definition) is 0. The van der Waals surface area contributed by atoms with E-state index in [1.54, 1.807) is 0 Å². The standard InChI is InChI=1S/C17H15BrO/c1-12-11-16(14-9-5-6-10-15(14)18)19-17(12)13-7-3-2-4-8-13/h2-10,16H,11H2,1H3. The molecular formula is C17H15BrO. The lowest BCUT2D eigenvalue weighted by atomic mass is 10.0. The maximum absolute atomic E-state index is 6.18. The van der Waals surface area contributed by atoms with Gasteiger partial charge in [0.1, 0.15) is 11.9 Å². The molecule has 0 aliphatic carbocycles. The van der Waals surface area contributed by atoms with Gasteiger partial charge in [-0.15, -0.1) is 0 Å². The van der Waals surface area contributed by atoms with Crippen molar-refractivity contribution in [3.05, 3.63) is 75.8 Å². The van der Waals surface area contributed by atoms with Crippen molar-refractivity contribution in [2.24, 2.45) is 0 Å². The molecule has 3 rings (SSSR count). The van der Waals surface area contributed by atoms with E-state index in [9.17, 15) is 0 Å². The van der Waals surface area contributed by atoms with Crippen LogP contribution in [0.1, 0.15) is 30.6 Å². The quantitative estimate of drug-likeness (QED) is 0.726. The van der Waals surface area contributed by atoms with E-state index in [-0.39, 0.29) is 6.10 Å². The molecule has 1 nitrogen and oxygen atoms in total. The fraction of sp³-hybridized carbons (Fsp3) is 0.176. The van der Waals surface area contributed by atoms with Crippen LogP contribution >= 0.6 is 15.9 Å². The molecule has 1 atom stereocenters. The van der Waals surface area contributed by atoms with Crippen LogP contribution in [0.4, 0.5) is 0 Å². The van der Waals surface area contributed by atoms with E-state index in [2.05, 4.69) is 53.2 Å². The minimum atomic E-state index is 0.116. The average Bonchev–Trinajstić information content (AvgIpc) is 2.82. The lowest BCUT2D eigenvalue weighted by Crippen LogP contribution is -1.98. The van der Waals surface area contributed by atoms with Crippen molar-refractivity contribution in [2.75, 3.05) is 0 Å². The maximum atomic E-state index is 6.18. The molecule has 0 fully saturated rings. The van der Waals surface area contributed by atoms with Crippen LogP contribution in [0.5, 0.6) is 0 Å². The summed E-state index contributed by atoms with van der Waals surface area (Å²) in [6.07, 6.45) is 1.07. The fourth-order valence-electron chi connectivity index (χ4n) is 2.47. The Morgan fingerprint density at radius 2 is 1.68 bits per heavy atom. The molecule has 1 heterocycles. The van der Waals surface area contributed by atoms with Crippen LogP contribution in [0.2, 0.25) is 0 Å². The minimum absolute atomic E-state index is 0.116. The highest BCUT2D eigenvalue weighted by atomic mass is 79.9. The van der Waals surface area contributed by atoms with Crippen LogP contribution in [0, 0.1) is 0 Å². The van der Waals surface area contributed by atoms with Crippen molar-refractivity contribution in [3.8, 4) is 0 Å². The van der Waals surface area contributed by atoms with E-state index in [1.165, 1.54) is 11.1 Å². The van der Waals surface area contributed by atoms with Gasteiger partial charge >= 0.3 is 0 Å². The first-order chi connectivity index (χ1) is 9.25. The highest BCUT2D eigenvalue weighted by molar-refractivity contribution is 9.10. The Kier molecular flexibility index (Phi) is 3.43. The van der Waals surface area contributed by atoms with E-state index in [0.717, 1.165) is 22.2 Å². The molecule has 0 bridgehead atoms. The molecule has 0 saturated carbocycles. The summed E-state index contributed by atoms with van der Waals surface area (Å²) < 4.78 is 7.29. The SMILES string of the molecule is CC1=C(c2ccccc2)OC(c2ccccc2Br)C1. The van der Waals surface area contributed by atoms with Gasteiger partial charge in [0.25, 0.3) is 0 Å². The van der Waals surface area contributed by atoms with E-state index < -0.39 is 0 Å². The van der Waals surface area contributed by atoms with Gasteiger partial charge in [0.05, 0.1) is 0 Å².